The fourth-order valence-electron chi connectivity index (χ4n) is 2.45. The molecule has 0 amide bonds. The molecular weight excluding hydrogens is 264 g/mol. The number of nitrogens with one attached hydrogen (secondary N) is 1. The third-order valence-electron chi connectivity index (χ3n) is 3.42. The highest BCUT2D eigenvalue weighted by atomic mass is 35.5. The largest absolute Gasteiger partial charge is 0.379 e. The van der Waals surface area contributed by atoms with Gasteiger partial charge in [0.05, 0.1) is 11.9 Å². The van der Waals surface area contributed by atoms with Gasteiger partial charge in [-0.1, -0.05) is 11.6 Å². The van der Waals surface area contributed by atoms with E-state index in [9.17, 15) is 4.79 Å². The Balaban J connectivity index is 2.02. The molecule has 1 aromatic heterocycles. The number of halogens is 1. The van der Waals surface area contributed by atoms with Gasteiger partial charge >= 0.3 is 0 Å². The third-order valence-corrected chi connectivity index (χ3v) is 3.78. The molecule has 0 aliphatic carbocycles. The van der Waals surface area contributed by atoms with E-state index in [1.165, 1.54) is 17.5 Å². The number of anilines is 1. The molecule has 5 nitrogen and oxygen atoms in total. The van der Waals surface area contributed by atoms with Crippen molar-refractivity contribution in [3.05, 3.63) is 21.6 Å². The highest BCUT2D eigenvalue weighted by Gasteiger charge is 2.16. The molecule has 106 valence electrons. The van der Waals surface area contributed by atoms with E-state index in [1.54, 1.807) is 6.20 Å². The standard InChI is InChI=1S/C13H21ClN4O/c1-3-18-13(19)12(14)11(8-15-18)16-10(2)9-17-6-4-5-7-17/h8,10,16H,3-7,9H2,1-2H3. The number of likely N-dealkylation sites (tertiary alicyclic amines) is 1. The first-order chi connectivity index (χ1) is 9.11. The Bertz CT molecular complexity index is 482. The second-order valence-electron chi connectivity index (χ2n) is 5.05. The molecule has 0 aromatic carbocycles. The van der Waals surface area contributed by atoms with E-state index in [2.05, 4.69) is 22.2 Å². The van der Waals surface area contributed by atoms with Crippen molar-refractivity contribution in [1.29, 1.82) is 0 Å². The lowest BCUT2D eigenvalue weighted by molar-refractivity contribution is 0.328. The van der Waals surface area contributed by atoms with Gasteiger partial charge in [-0.15, -0.1) is 0 Å². The summed E-state index contributed by atoms with van der Waals surface area (Å²) in [6.07, 6.45) is 4.19. The van der Waals surface area contributed by atoms with Crippen molar-refractivity contribution >= 4 is 17.3 Å². The number of rotatable bonds is 5. The highest BCUT2D eigenvalue weighted by Crippen LogP contribution is 2.17. The summed E-state index contributed by atoms with van der Waals surface area (Å²) >= 11 is 6.09. The van der Waals surface area contributed by atoms with Crippen LogP contribution < -0.4 is 10.9 Å². The van der Waals surface area contributed by atoms with Crippen molar-refractivity contribution in [1.82, 2.24) is 14.7 Å². The molecule has 1 atom stereocenters. The molecule has 1 aromatic rings. The topological polar surface area (TPSA) is 50.2 Å². The molecule has 1 aliphatic rings. The van der Waals surface area contributed by atoms with Crippen molar-refractivity contribution in [3.63, 3.8) is 0 Å². The van der Waals surface area contributed by atoms with Gasteiger partial charge in [0.15, 0.2) is 0 Å². The van der Waals surface area contributed by atoms with Gasteiger partial charge < -0.3 is 10.2 Å². The summed E-state index contributed by atoms with van der Waals surface area (Å²) < 4.78 is 1.36. The fourth-order valence-corrected chi connectivity index (χ4v) is 2.66. The summed E-state index contributed by atoms with van der Waals surface area (Å²) in [5.41, 5.74) is 0.394. The molecule has 0 bridgehead atoms. The van der Waals surface area contributed by atoms with Crippen LogP contribution >= 0.6 is 11.6 Å². The Hall–Kier alpha value is -1.07. The van der Waals surface area contributed by atoms with Gasteiger partial charge in [-0.2, -0.15) is 5.10 Å². The molecule has 6 heteroatoms. The quantitative estimate of drug-likeness (QED) is 0.896. The van der Waals surface area contributed by atoms with Crippen LogP contribution in [0.25, 0.3) is 0 Å². The zero-order valence-electron chi connectivity index (χ0n) is 11.5. The number of nitrogens with zero attached hydrogens (tertiary/aromatic N) is 3. The maximum atomic E-state index is 11.9. The van der Waals surface area contributed by atoms with Gasteiger partial charge in [0.1, 0.15) is 5.02 Å². The lowest BCUT2D eigenvalue weighted by Gasteiger charge is -2.22. The molecule has 1 unspecified atom stereocenters. The molecule has 2 rings (SSSR count). The van der Waals surface area contributed by atoms with E-state index in [0.717, 1.165) is 19.6 Å². The number of aromatic nitrogens is 2. The Morgan fingerprint density at radius 1 is 1.47 bits per heavy atom. The van der Waals surface area contributed by atoms with Crippen LogP contribution in [0.2, 0.25) is 5.02 Å². The van der Waals surface area contributed by atoms with E-state index in [-0.39, 0.29) is 16.6 Å². The van der Waals surface area contributed by atoms with Crippen LogP contribution in [0.4, 0.5) is 5.69 Å². The molecule has 1 fully saturated rings. The number of hydrogen-bond acceptors (Lipinski definition) is 4. The predicted octanol–water partition coefficient (Wildman–Crippen LogP) is 1.81. The minimum atomic E-state index is -0.234. The first-order valence-electron chi connectivity index (χ1n) is 6.86. The van der Waals surface area contributed by atoms with Crippen LogP contribution in [-0.2, 0) is 6.54 Å². The van der Waals surface area contributed by atoms with Gasteiger partial charge in [-0.25, -0.2) is 4.68 Å². The van der Waals surface area contributed by atoms with Crippen molar-refractivity contribution in [2.24, 2.45) is 0 Å². The summed E-state index contributed by atoms with van der Waals surface area (Å²) in [6.45, 7) is 7.79. The molecule has 0 spiro atoms. The smallest absolute Gasteiger partial charge is 0.287 e. The Kier molecular flexibility index (Phi) is 4.82. The summed E-state index contributed by atoms with van der Waals surface area (Å²) in [7, 11) is 0. The SMILES string of the molecule is CCn1ncc(NC(C)CN2CCCC2)c(Cl)c1=O. The molecule has 1 aliphatic heterocycles. The van der Waals surface area contributed by atoms with Gasteiger partial charge in [0, 0.05) is 19.1 Å². The van der Waals surface area contributed by atoms with Crippen molar-refractivity contribution in [3.8, 4) is 0 Å². The maximum Gasteiger partial charge on any atom is 0.287 e. The maximum absolute atomic E-state index is 11.9. The summed E-state index contributed by atoms with van der Waals surface area (Å²) in [4.78, 5) is 14.3. The van der Waals surface area contributed by atoms with Crippen molar-refractivity contribution in [2.75, 3.05) is 25.0 Å². The molecule has 0 saturated carbocycles. The molecule has 2 heterocycles. The minimum absolute atomic E-state index is 0.227. The highest BCUT2D eigenvalue weighted by molar-refractivity contribution is 6.32. The Morgan fingerprint density at radius 3 is 2.79 bits per heavy atom. The number of hydrogen-bond donors (Lipinski definition) is 1. The average molecular weight is 285 g/mol. The van der Waals surface area contributed by atoms with E-state index < -0.39 is 0 Å². The van der Waals surface area contributed by atoms with Crippen LogP contribution in [0.15, 0.2) is 11.0 Å². The van der Waals surface area contributed by atoms with Crippen LogP contribution in [-0.4, -0.2) is 40.4 Å². The van der Waals surface area contributed by atoms with Gasteiger partial charge in [-0.05, 0) is 39.8 Å². The third kappa shape index (κ3) is 3.48. The van der Waals surface area contributed by atoms with Crippen LogP contribution in [0.1, 0.15) is 26.7 Å². The first kappa shape index (κ1) is 14.3. The molecular formula is C13H21ClN4O. The van der Waals surface area contributed by atoms with E-state index in [0.29, 0.717) is 12.2 Å². The first-order valence-corrected chi connectivity index (χ1v) is 7.24. The van der Waals surface area contributed by atoms with Crippen LogP contribution in [0.3, 0.4) is 0 Å². The monoisotopic (exact) mass is 284 g/mol. The Labute approximate surface area is 118 Å². The summed E-state index contributed by atoms with van der Waals surface area (Å²) in [5.74, 6) is 0. The normalized spacial score (nSPS) is 17.6. The zero-order chi connectivity index (χ0) is 13.8. The molecule has 0 radical (unpaired) electrons. The summed E-state index contributed by atoms with van der Waals surface area (Å²) in [5, 5.41) is 7.59. The second kappa shape index (κ2) is 6.39. The second-order valence-corrected chi connectivity index (χ2v) is 5.42. The lowest BCUT2D eigenvalue weighted by atomic mass is 10.3. The van der Waals surface area contributed by atoms with E-state index in [4.69, 9.17) is 11.6 Å². The lowest BCUT2D eigenvalue weighted by Crippen LogP contribution is -2.34. The average Bonchev–Trinajstić information content (AvgIpc) is 2.88. The van der Waals surface area contributed by atoms with E-state index >= 15 is 0 Å². The summed E-state index contributed by atoms with van der Waals surface area (Å²) in [6, 6.07) is 0.245. The molecule has 1 N–H and O–H groups in total. The number of aryl methyl sites for hydroxylation is 1. The minimum Gasteiger partial charge on any atom is -0.379 e. The van der Waals surface area contributed by atoms with Gasteiger partial charge in [-0.3, -0.25) is 4.79 Å². The Morgan fingerprint density at radius 2 is 2.16 bits per heavy atom. The van der Waals surface area contributed by atoms with Crippen LogP contribution in [0.5, 0.6) is 0 Å². The zero-order valence-corrected chi connectivity index (χ0v) is 12.3. The van der Waals surface area contributed by atoms with Crippen LogP contribution in [0, 0.1) is 0 Å². The fraction of sp³-hybridized carbons (Fsp3) is 0.692. The van der Waals surface area contributed by atoms with Crippen molar-refractivity contribution < 1.29 is 0 Å². The van der Waals surface area contributed by atoms with Gasteiger partial charge in [0.2, 0.25) is 0 Å². The molecule has 19 heavy (non-hydrogen) atoms. The van der Waals surface area contributed by atoms with Crippen molar-refractivity contribution in [2.45, 2.75) is 39.3 Å². The predicted molar refractivity (Wildman–Crippen MR) is 77.9 cm³/mol. The molecule has 1 saturated heterocycles. The van der Waals surface area contributed by atoms with E-state index in [1.807, 2.05) is 6.92 Å². The van der Waals surface area contributed by atoms with Gasteiger partial charge in [0.25, 0.3) is 5.56 Å².